The maximum atomic E-state index is 12.3. The molecule has 1 fully saturated rings. The van der Waals surface area contributed by atoms with Crippen LogP contribution >= 0.6 is 0 Å². The Labute approximate surface area is 114 Å². The van der Waals surface area contributed by atoms with E-state index < -0.39 is 12.6 Å². The molecule has 1 N–H and O–H groups in total. The van der Waals surface area contributed by atoms with Gasteiger partial charge in [-0.2, -0.15) is 13.2 Å². The van der Waals surface area contributed by atoms with Crippen molar-refractivity contribution in [1.82, 2.24) is 10.2 Å². The van der Waals surface area contributed by atoms with Crippen molar-refractivity contribution in [3.05, 3.63) is 0 Å². The van der Waals surface area contributed by atoms with Gasteiger partial charge in [-0.25, -0.2) is 0 Å². The molecule has 1 atom stereocenters. The first-order chi connectivity index (χ1) is 8.82. The van der Waals surface area contributed by atoms with Crippen LogP contribution in [0.3, 0.4) is 0 Å². The zero-order valence-electron chi connectivity index (χ0n) is 12.3. The lowest BCUT2D eigenvalue weighted by atomic mass is 9.83. The Morgan fingerprint density at radius 2 is 1.79 bits per heavy atom. The molecule has 0 saturated heterocycles. The van der Waals surface area contributed by atoms with Crippen molar-refractivity contribution in [2.45, 2.75) is 69.6 Å². The number of hydrogen-bond donors (Lipinski definition) is 1. The lowest BCUT2D eigenvalue weighted by Crippen LogP contribution is -2.57. The van der Waals surface area contributed by atoms with Crippen LogP contribution in [0.25, 0.3) is 0 Å². The third kappa shape index (κ3) is 4.63. The van der Waals surface area contributed by atoms with Crippen LogP contribution in [-0.2, 0) is 0 Å². The van der Waals surface area contributed by atoms with Gasteiger partial charge >= 0.3 is 6.18 Å². The standard InChI is InChI=1S/C14H27F3N2/c1-4-18-12(8-7-11-14(15,16)17)13(19(2)3)9-5-6-10-13/h12,18H,4-11H2,1-3H3. The highest BCUT2D eigenvalue weighted by Gasteiger charge is 2.42. The Hall–Kier alpha value is -0.290. The second-order valence-corrected chi connectivity index (χ2v) is 5.82. The Morgan fingerprint density at radius 3 is 2.21 bits per heavy atom. The molecule has 0 amide bonds. The van der Waals surface area contributed by atoms with E-state index in [2.05, 4.69) is 24.3 Å². The molecule has 1 rings (SSSR count). The van der Waals surface area contributed by atoms with E-state index >= 15 is 0 Å². The van der Waals surface area contributed by atoms with E-state index in [9.17, 15) is 13.2 Å². The highest BCUT2D eigenvalue weighted by atomic mass is 19.4. The second-order valence-electron chi connectivity index (χ2n) is 5.82. The SMILES string of the molecule is CCNC(CCCC(F)(F)F)C1(N(C)C)CCCC1. The topological polar surface area (TPSA) is 15.3 Å². The van der Waals surface area contributed by atoms with Crippen LogP contribution in [0.2, 0.25) is 0 Å². The van der Waals surface area contributed by atoms with Crippen LogP contribution in [0.15, 0.2) is 0 Å². The van der Waals surface area contributed by atoms with Gasteiger partial charge in [0.25, 0.3) is 0 Å². The molecule has 2 nitrogen and oxygen atoms in total. The number of nitrogens with one attached hydrogen (secondary N) is 1. The van der Waals surface area contributed by atoms with Crippen molar-refractivity contribution >= 4 is 0 Å². The largest absolute Gasteiger partial charge is 0.389 e. The predicted octanol–water partition coefficient (Wildman–Crippen LogP) is 3.57. The molecule has 0 aliphatic heterocycles. The van der Waals surface area contributed by atoms with Crippen LogP contribution in [0.4, 0.5) is 13.2 Å². The van der Waals surface area contributed by atoms with Crippen molar-refractivity contribution in [3.8, 4) is 0 Å². The van der Waals surface area contributed by atoms with Crippen molar-refractivity contribution in [2.24, 2.45) is 0 Å². The van der Waals surface area contributed by atoms with Crippen LogP contribution < -0.4 is 5.32 Å². The quantitative estimate of drug-likeness (QED) is 0.767. The Bertz CT molecular complexity index is 258. The van der Waals surface area contributed by atoms with Gasteiger partial charge in [0.1, 0.15) is 0 Å². The monoisotopic (exact) mass is 280 g/mol. The third-order valence-electron chi connectivity index (χ3n) is 4.41. The van der Waals surface area contributed by atoms with Gasteiger partial charge < -0.3 is 10.2 Å². The van der Waals surface area contributed by atoms with Crippen LogP contribution in [0.5, 0.6) is 0 Å². The van der Waals surface area contributed by atoms with E-state index in [4.69, 9.17) is 0 Å². The van der Waals surface area contributed by atoms with Gasteiger partial charge in [-0.05, 0) is 46.3 Å². The molecule has 0 radical (unpaired) electrons. The molecular formula is C14H27F3N2. The van der Waals surface area contributed by atoms with Gasteiger partial charge in [0.2, 0.25) is 0 Å². The molecule has 1 aliphatic rings. The van der Waals surface area contributed by atoms with Crippen molar-refractivity contribution in [1.29, 1.82) is 0 Å². The van der Waals surface area contributed by atoms with E-state index in [1.54, 1.807) is 0 Å². The maximum Gasteiger partial charge on any atom is 0.389 e. The zero-order chi connectivity index (χ0) is 14.5. The van der Waals surface area contributed by atoms with Gasteiger partial charge in [-0.1, -0.05) is 19.8 Å². The average Bonchev–Trinajstić information content (AvgIpc) is 2.76. The molecule has 1 unspecified atom stereocenters. The lowest BCUT2D eigenvalue weighted by Gasteiger charge is -2.44. The minimum atomic E-state index is -4.03. The van der Waals surface area contributed by atoms with Gasteiger partial charge in [0.15, 0.2) is 0 Å². The summed E-state index contributed by atoms with van der Waals surface area (Å²) in [7, 11) is 4.11. The van der Waals surface area contributed by atoms with Gasteiger partial charge in [-0.15, -0.1) is 0 Å². The highest BCUT2D eigenvalue weighted by molar-refractivity contribution is 5.01. The number of halogens is 3. The summed E-state index contributed by atoms with van der Waals surface area (Å²) < 4.78 is 36.9. The first kappa shape index (κ1) is 16.8. The molecule has 0 spiro atoms. The fraction of sp³-hybridized carbons (Fsp3) is 1.00. The zero-order valence-corrected chi connectivity index (χ0v) is 12.3. The summed E-state index contributed by atoms with van der Waals surface area (Å²) in [6, 6.07) is 0.164. The minimum absolute atomic E-state index is 0.0433. The van der Waals surface area contributed by atoms with Crippen molar-refractivity contribution in [2.75, 3.05) is 20.6 Å². The molecular weight excluding hydrogens is 253 g/mol. The fourth-order valence-electron chi connectivity index (χ4n) is 3.41. The molecule has 0 aromatic heterocycles. The van der Waals surface area contributed by atoms with Crippen LogP contribution in [-0.4, -0.2) is 43.3 Å². The summed E-state index contributed by atoms with van der Waals surface area (Å²) in [5.41, 5.74) is 0.0433. The molecule has 0 bridgehead atoms. The molecule has 1 saturated carbocycles. The van der Waals surface area contributed by atoms with Gasteiger partial charge in [-0.3, -0.25) is 0 Å². The summed E-state index contributed by atoms with van der Waals surface area (Å²) >= 11 is 0. The summed E-state index contributed by atoms with van der Waals surface area (Å²) in [6.45, 7) is 2.83. The minimum Gasteiger partial charge on any atom is -0.312 e. The molecule has 1 aliphatic carbocycles. The Balaban J connectivity index is 2.64. The van der Waals surface area contributed by atoms with Crippen LogP contribution in [0.1, 0.15) is 51.9 Å². The number of hydrogen-bond acceptors (Lipinski definition) is 2. The lowest BCUT2D eigenvalue weighted by molar-refractivity contribution is -0.136. The fourth-order valence-corrected chi connectivity index (χ4v) is 3.41. The van der Waals surface area contributed by atoms with E-state index in [0.29, 0.717) is 6.42 Å². The molecule has 114 valence electrons. The van der Waals surface area contributed by atoms with Gasteiger partial charge in [0, 0.05) is 18.0 Å². The van der Waals surface area contributed by atoms with Crippen LogP contribution in [0, 0.1) is 0 Å². The summed E-state index contributed by atoms with van der Waals surface area (Å²) in [5.74, 6) is 0. The molecule has 0 aromatic carbocycles. The smallest absolute Gasteiger partial charge is 0.312 e. The van der Waals surface area contributed by atoms with Gasteiger partial charge in [0.05, 0.1) is 0 Å². The number of likely N-dealkylation sites (N-methyl/N-ethyl adjacent to an activating group) is 2. The van der Waals surface area contributed by atoms with E-state index in [1.165, 1.54) is 12.8 Å². The molecule has 0 heterocycles. The molecule has 0 aromatic rings. The average molecular weight is 280 g/mol. The maximum absolute atomic E-state index is 12.3. The molecule has 19 heavy (non-hydrogen) atoms. The third-order valence-corrected chi connectivity index (χ3v) is 4.41. The Morgan fingerprint density at radius 1 is 1.21 bits per heavy atom. The summed E-state index contributed by atoms with van der Waals surface area (Å²) in [5, 5.41) is 3.42. The number of rotatable bonds is 7. The molecule has 5 heteroatoms. The number of alkyl halides is 3. The first-order valence-electron chi connectivity index (χ1n) is 7.29. The summed E-state index contributed by atoms with van der Waals surface area (Å²) in [6.07, 6.45) is 0.657. The first-order valence-corrected chi connectivity index (χ1v) is 7.29. The van der Waals surface area contributed by atoms with E-state index in [0.717, 1.165) is 19.4 Å². The summed E-state index contributed by atoms with van der Waals surface area (Å²) in [4.78, 5) is 2.22. The second kappa shape index (κ2) is 6.93. The van der Waals surface area contributed by atoms with Crippen molar-refractivity contribution in [3.63, 3.8) is 0 Å². The van der Waals surface area contributed by atoms with E-state index in [-0.39, 0.29) is 18.0 Å². The Kier molecular flexibility index (Phi) is 6.12. The van der Waals surface area contributed by atoms with Crippen molar-refractivity contribution < 1.29 is 13.2 Å². The highest BCUT2D eigenvalue weighted by Crippen LogP contribution is 2.38. The predicted molar refractivity (Wildman–Crippen MR) is 72.3 cm³/mol. The number of nitrogens with zero attached hydrogens (tertiary/aromatic N) is 1. The van der Waals surface area contributed by atoms with E-state index in [1.807, 2.05) is 6.92 Å². The normalized spacial score (nSPS) is 21.0.